The van der Waals surface area contributed by atoms with Crippen molar-refractivity contribution in [3.8, 4) is 11.1 Å². The molecule has 0 saturated carbocycles. The molecule has 184 valence electrons. The Bertz CT molecular complexity index is 1120. The maximum absolute atomic E-state index is 13.7. The number of carboxylic acid groups (broad SMARTS) is 1. The molecule has 2 bridgehead atoms. The number of nitrogens with one attached hydrogen (secondary N) is 1. The first-order chi connectivity index (χ1) is 16.8. The van der Waals surface area contributed by atoms with Crippen molar-refractivity contribution in [3.05, 3.63) is 59.7 Å². The number of carbonyl (C=O) groups is 3. The van der Waals surface area contributed by atoms with E-state index in [1.807, 2.05) is 31.2 Å². The van der Waals surface area contributed by atoms with E-state index in [9.17, 15) is 19.5 Å². The second-order valence-electron chi connectivity index (χ2n) is 10.3. The summed E-state index contributed by atoms with van der Waals surface area (Å²) in [5.74, 6) is -1.17. The van der Waals surface area contributed by atoms with Crippen LogP contribution in [0.25, 0.3) is 11.1 Å². The smallest absolute Gasteiger partial charge is 0.408 e. The molecule has 2 aliphatic heterocycles. The molecule has 1 aliphatic carbocycles. The first-order valence-electron chi connectivity index (χ1n) is 12.5. The number of carbonyl (C=O) groups excluding carboxylic acids is 2. The van der Waals surface area contributed by atoms with Gasteiger partial charge in [-0.15, -0.1) is 0 Å². The molecule has 0 radical (unpaired) electrons. The lowest BCUT2D eigenvalue weighted by molar-refractivity contribution is -0.146. The Morgan fingerprint density at radius 3 is 2.17 bits per heavy atom. The van der Waals surface area contributed by atoms with Crippen molar-refractivity contribution < 1.29 is 24.2 Å². The van der Waals surface area contributed by atoms with Gasteiger partial charge in [0.1, 0.15) is 12.1 Å². The SMILES string of the molecule is CCC(C)(NC(=O)OCC1c2ccccc2-c2ccccc21)C(=O)N1C2CCC1(CC(=O)O)CC2. The maximum atomic E-state index is 13.7. The van der Waals surface area contributed by atoms with Crippen LogP contribution in [0.2, 0.25) is 0 Å². The van der Waals surface area contributed by atoms with Crippen LogP contribution in [-0.4, -0.2) is 51.7 Å². The molecule has 5 rings (SSSR count). The van der Waals surface area contributed by atoms with Gasteiger partial charge in [-0.25, -0.2) is 4.79 Å². The van der Waals surface area contributed by atoms with Crippen molar-refractivity contribution in [1.29, 1.82) is 0 Å². The minimum absolute atomic E-state index is 0.0389. The summed E-state index contributed by atoms with van der Waals surface area (Å²) in [5.41, 5.74) is 2.74. The Morgan fingerprint density at radius 2 is 1.63 bits per heavy atom. The topological polar surface area (TPSA) is 95.9 Å². The van der Waals surface area contributed by atoms with E-state index in [1.54, 1.807) is 11.8 Å². The Hall–Kier alpha value is -3.35. The van der Waals surface area contributed by atoms with Gasteiger partial charge in [-0.3, -0.25) is 9.59 Å². The first kappa shape index (κ1) is 23.4. The van der Waals surface area contributed by atoms with Crippen molar-refractivity contribution >= 4 is 18.0 Å². The normalized spacial score (nSPS) is 23.9. The summed E-state index contributed by atoms with van der Waals surface area (Å²) in [4.78, 5) is 40.0. The van der Waals surface area contributed by atoms with E-state index in [0.29, 0.717) is 19.3 Å². The van der Waals surface area contributed by atoms with Crippen LogP contribution in [0.4, 0.5) is 4.79 Å². The highest BCUT2D eigenvalue weighted by atomic mass is 16.5. The first-order valence-corrected chi connectivity index (χ1v) is 12.5. The standard InChI is InChI=1S/C28H32N2O5/c1-3-27(2,25(33)30-18-12-14-28(30,15-13-18)16-24(31)32)29-26(34)35-17-23-21-10-6-4-8-19(21)20-9-5-7-11-22(20)23/h4-11,18,23H,3,12-17H2,1-2H3,(H,29,34)(H,31,32). The summed E-state index contributed by atoms with van der Waals surface area (Å²) in [5, 5.41) is 12.3. The largest absolute Gasteiger partial charge is 0.481 e. The van der Waals surface area contributed by atoms with Crippen molar-refractivity contribution in [3.63, 3.8) is 0 Å². The molecule has 2 fully saturated rings. The number of benzene rings is 2. The summed E-state index contributed by atoms with van der Waals surface area (Å²) in [6.45, 7) is 3.73. The molecule has 1 atom stereocenters. The van der Waals surface area contributed by atoms with Gasteiger partial charge in [-0.05, 0) is 61.3 Å². The highest BCUT2D eigenvalue weighted by molar-refractivity contribution is 5.91. The van der Waals surface area contributed by atoms with Crippen molar-refractivity contribution in [2.45, 2.75) is 75.4 Å². The van der Waals surface area contributed by atoms with Gasteiger partial charge in [0.25, 0.3) is 0 Å². The minimum Gasteiger partial charge on any atom is -0.481 e. The number of nitrogens with zero attached hydrogens (tertiary/aromatic N) is 1. The molecule has 35 heavy (non-hydrogen) atoms. The van der Waals surface area contributed by atoms with E-state index in [0.717, 1.165) is 35.1 Å². The zero-order chi connectivity index (χ0) is 24.8. The Kier molecular flexibility index (Phi) is 5.82. The van der Waals surface area contributed by atoms with E-state index in [1.165, 1.54) is 0 Å². The quantitative estimate of drug-likeness (QED) is 0.604. The van der Waals surface area contributed by atoms with E-state index in [-0.39, 0.29) is 30.9 Å². The fourth-order valence-corrected chi connectivity index (χ4v) is 6.37. The molecule has 7 heteroatoms. The van der Waals surface area contributed by atoms with Crippen molar-refractivity contribution in [2.24, 2.45) is 0 Å². The van der Waals surface area contributed by atoms with Crippen LogP contribution in [-0.2, 0) is 14.3 Å². The number of fused-ring (bicyclic) bond motifs is 5. The highest BCUT2D eigenvalue weighted by Gasteiger charge is 2.57. The van der Waals surface area contributed by atoms with Crippen LogP contribution in [0.5, 0.6) is 0 Å². The van der Waals surface area contributed by atoms with Crippen LogP contribution in [0.3, 0.4) is 0 Å². The monoisotopic (exact) mass is 476 g/mol. The van der Waals surface area contributed by atoms with Crippen LogP contribution in [0, 0.1) is 0 Å². The average molecular weight is 477 g/mol. The van der Waals surface area contributed by atoms with Gasteiger partial charge < -0.3 is 20.1 Å². The van der Waals surface area contributed by atoms with Crippen LogP contribution in [0.1, 0.15) is 69.4 Å². The molecular weight excluding hydrogens is 444 g/mol. The van der Waals surface area contributed by atoms with Gasteiger partial charge in [0.15, 0.2) is 0 Å². The fourth-order valence-electron chi connectivity index (χ4n) is 6.37. The third-order valence-corrected chi connectivity index (χ3v) is 8.36. The lowest BCUT2D eigenvalue weighted by Crippen LogP contribution is -2.61. The van der Waals surface area contributed by atoms with Crippen LogP contribution >= 0.6 is 0 Å². The number of amides is 2. The maximum Gasteiger partial charge on any atom is 0.408 e. The zero-order valence-corrected chi connectivity index (χ0v) is 20.3. The molecular formula is C28H32N2O5. The van der Waals surface area contributed by atoms with E-state index in [2.05, 4.69) is 29.6 Å². The molecule has 0 spiro atoms. The van der Waals surface area contributed by atoms with Gasteiger partial charge >= 0.3 is 12.1 Å². The molecule has 2 N–H and O–H groups in total. The summed E-state index contributed by atoms with van der Waals surface area (Å²) >= 11 is 0. The predicted molar refractivity (Wildman–Crippen MR) is 131 cm³/mol. The molecule has 7 nitrogen and oxygen atoms in total. The van der Waals surface area contributed by atoms with Crippen LogP contribution in [0.15, 0.2) is 48.5 Å². The summed E-state index contributed by atoms with van der Waals surface area (Å²) < 4.78 is 5.69. The average Bonchev–Trinajstić information content (AvgIpc) is 3.48. The molecule has 2 amide bonds. The number of ether oxygens (including phenoxy) is 1. The van der Waals surface area contributed by atoms with Crippen molar-refractivity contribution in [1.82, 2.24) is 10.2 Å². The minimum atomic E-state index is -1.17. The number of alkyl carbamates (subject to hydrolysis) is 1. The molecule has 3 aliphatic rings. The number of aliphatic carboxylic acids is 1. The van der Waals surface area contributed by atoms with Gasteiger partial charge in [0.2, 0.25) is 5.91 Å². The highest BCUT2D eigenvalue weighted by Crippen LogP contribution is 2.49. The van der Waals surface area contributed by atoms with Crippen molar-refractivity contribution in [2.75, 3.05) is 6.61 Å². The Morgan fingerprint density at radius 1 is 1.06 bits per heavy atom. The molecule has 1 unspecified atom stereocenters. The number of hydrogen-bond donors (Lipinski definition) is 2. The molecule has 0 aromatic heterocycles. The van der Waals surface area contributed by atoms with E-state index < -0.39 is 23.1 Å². The van der Waals surface area contributed by atoms with Gasteiger partial charge in [0, 0.05) is 12.0 Å². The second kappa shape index (κ2) is 8.70. The lowest BCUT2D eigenvalue weighted by atomic mass is 9.84. The third-order valence-electron chi connectivity index (χ3n) is 8.36. The Balaban J connectivity index is 1.30. The molecule has 2 saturated heterocycles. The molecule has 2 aromatic carbocycles. The van der Waals surface area contributed by atoms with Gasteiger partial charge in [-0.1, -0.05) is 55.5 Å². The predicted octanol–water partition coefficient (Wildman–Crippen LogP) is 4.69. The molecule has 2 heterocycles. The number of rotatable bonds is 7. The molecule has 2 aromatic rings. The fraction of sp³-hybridized carbons (Fsp3) is 0.464. The third kappa shape index (κ3) is 3.87. The van der Waals surface area contributed by atoms with E-state index >= 15 is 0 Å². The summed E-state index contributed by atoms with van der Waals surface area (Å²) in [6, 6.07) is 16.3. The second-order valence-corrected chi connectivity index (χ2v) is 10.3. The summed E-state index contributed by atoms with van der Waals surface area (Å²) in [6.07, 6.45) is 2.69. The lowest BCUT2D eigenvalue weighted by Gasteiger charge is -2.40. The summed E-state index contributed by atoms with van der Waals surface area (Å²) in [7, 11) is 0. The van der Waals surface area contributed by atoms with Gasteiger partial charge in [-0.2, -0.15) is 0 Å². The van der Waals surface area contributed by atoms with Gasteiger partial charge in [0.05, 0.1) is 12.0 Å². The zero-order valence-electron chi connectivity index (χ0n) is 20.3. The number of carboxylic acids is 1. The van der Waals surface area contributed by atoms with Crippen LogP contribution < -0.4 is 5.32 Å². The number of hydrogen-bond acceptors (Lipinski definition) is 4. The Labute approximate surface area is 205 Å². The van der Waals surface area contributed by atoms with E-state index in [4.69, 9.17) is 4.74 Å².